The molecule has 4 aliphatic rings. The van der Waals surface area contributed by atoms with Crippen molar-refractivity contribution in [3.63, 3.8) is 0 Å². The Bertz CT molecular complexity index is 897. The van der Waals surface area contributed by atoms with E-state index in [1.807, 2.05) is 0 Å². The van der Waals surface area contributed by atoms with Crippen LogP contribution in [0.2, 0.25) is 0 Å². The van der Waals surface area contributed by atoms with E-state index in [4.69, 9.17) is 0 Å². The van der Waals surface area contributed by atoms with Crippen LogP contribution in [0.25, 0.3) is 0 Å². The van der Waals surface area contributed by atoms with E-state index in [0.29, 0.717) is 36.4 Å². The third kappa shape index (κ3) is 3.53. The molecule has 0 saturated heterocycles. The van der Waals surface area contributed by atoms with E-state index < -0.39 is 18.3 Å². The highest BCUT2D eigenvalue weighted by molar-refractivity contribution is 5.86. The number of carbonyl (C=O) groups excluding carboxylic acids is 1. The Balaban J connectivity index is 1.60. The Morgan fingerprint density at radius 2 is 1.76 bits per heavy atom. The number of ketones is 1. The van der Waals surface area contributed by atoms with Crippen LogP contribution in [0, 0.1) is 39.4 Å². The lowest BCUT2D eigenvalue weighted by molar-refractivity contribution is -0.138. The van der Waals surface area contributed by atoms with Gasteiger partial charge in [0.25, 0.3) is 0 Å². The minimum atomic E-state index is -1.44. The number of Topliss-reactive ketones (excluding diaryl/α,β-unsaturated/α-hetero) is 1. The summed E-state index contributed by atoms with van der Waals surface area (Å²) in [4.78, 5) is 12.8. The molecule has 0 aromatic heterocycles. The first-order chi connectivity index (χ1) is 15.6. The predicted molar refractivity (Wildman–Crippen MR) is 136 cm³/mol. The van der Waals surface area contributed by atoms with Crippen molar-refractivity contribution in [2.75, 3.05) is 6.61 Å². The Labute approximate surface area is 206 Å². The van der Waals surface area contributed by atoms with Gasteiger partial charge in [-0.1, -0.05) is 53.7 Å². The highest BCUT2D eigenvalue weighted by atomic mass is 16.4. The zero-order valence-electron chi connectivity index (χ0n) is 22.6. The fourth-order valence-electron chi connectivity index (χ4n) is 8.80. The van der Waals surface area contributed by atoms with Crippen LogP contribution in [0.15, 0.2) is 23.3 Å². The zero-order valence-corrected chi connectivity index (χ0v) is 22.6. The molecule has 0 radical (unpaired) electrons. The van der Waals surface area contributed by atoms with Gasteiger partial charge in [-0.15, -0.1) is 0 Å². The molecule has 4 rings (SSSR count). The first kappa shape index (κ1) is 26.1. The average Bonchev–Trinajstić information content (AvgIpc) is 3.06. The second-order valence-electron chi connectivity index (χ2n) is 13.8. The van der Waals surface area contributed by atoms with Gasteiger partial charge in [0.2, 0.25) is 0 Å². The summed E-state index contributed by atoms with van der Waals surface area (Å²) in [6, 6.07) is 0. The number of fused-ring (bicyclic) bond motifs is 5. The lowest BCUT2D eigenvalue weighted by Gasteiger charge is -2.59. The number of aliphatic hydroxyl groups is 3. The third-order valence-corrected chi connectivity index (χ3v) is 11.7. The first-order valence-corrected chi connectivity index (χ1v) is 13.6. The maximum Gasteiger partial charge on any atom is 0.138 e. The van der Waals surface area contributed by atoms with Gasteiger partial charge < -0.3 is 15.3 Å². The Hall–Kier alpha value is -0.970. The van der Waals surface area contributed by atoms with Gasteiger partial charge in [-0.25, -0.2) is 0 Å². The van der Waals surface area contributed by atoms with Crippen molar-refractivity contribution < 1.29 is 20.1 Å². The second kappa shape index (κ2) is 8.28. The van der Waals surface area contributed by atoms with Crippen LogP contribution >= 0.6 is 0 Å². The van der Waals surface area contributed by atoms with Crippen molar-refractivity contribution in [1.82, 2.24) is 0 Å². The van der Waals surface area contributed by atoms with Gasteiger partial charge in [-0.3, -0.25) is 4.79 Å². The monoisotopic (exact) mass is 472 g/mol. The lowest BCUT2D eigenvalue weighted by atomic mass is 9.44. The molecule has 8 atom stereocenters. The fraction of sp³-hybridized carbons (Fsp3) is 0.833. The molecule has 1 unspecified atom stereocenters. The zero-order chi connectivity index (χ0) is 25.3. The number of hydrogen-bond donors (Lipinski definition) is 3. The minimum absolute atomic E-state index is 0.0789. The molecule has 34 heavy (non-hydrogen) atoms. The fourth-order valence-corrected chi connectivity index (χ4v) is 8.80. The van der Waals surface area contributed by atoms with Crippen molar-refractivity contribution in [3.05, 3.63) is 23.3 Å². The van der Waals surface area contributed by atoms with Crippen LogP contribution in [0.5, 0.6) is 0 Å². The van der Waals surface area contributed by atoms with Crippen molar-refractivity contribution in [2.45, 2.75) is 112 Å². The number of hydrogen-bond acceptors (Lipinski definition) is 4. The molecule has 2 fully saturated rings. The molecule has 4 heteroatoms. The van der Waals surface area contributed by atoms with Gasteiger partial charge in [-0.2, -0.15) is 0 Å². The molecule has 0 aliphatic heterocycles. The topological polar surface area (TPSA) is 77.8 Å². The SMILES string of the molecule is C[C@H](CC[C@@H](O)[C@](C)(O)CO)[C@H]1CC[C@@]2(C)C3=CCC4C(C)(C)C(=O)CC[C@]4(C)C3=CC[C@]12C. The van der Waals surface area contributed by atoms with E-state index in [1.165, 1.54) is 25.3 Å². The molecule has 0 aromatic carbocycles. The Kier molecular flexibility index (Phi) is 6.36. The largest absolute Gasteiger partial charge is 0.393 e. The normalized spacial score (nSPS) is 42.5. The summed E-state index contributed by atoms with van der Waals surface area (Å²) < 4.78 is 0. The van der Waals surface area contributed by atoms with Gasteiger partial charge >= 0.3 is 0 Å². The first-order valence-electron chi connectivity index (χ1n) is 13.6. The smallest absolute Gasteiger partial charge is 0.138 e. The molecule has 0 amide bonds. The Morgan fingerprint density at radius 3 is 2.41 bits per heavy atom. The quantitative estimate of drug-likeness (QED) is 0.470. The van der Waals surface area contributed by atoms with Gasteiger partial charge in [-0.05, 0) is 97.0 Å². The van der Waals surface area contributed by atoms with E-state index in [9.17, 15) is 20.1 Å². The summed E-state index contributed by atoms with van der Waals surface area (Å²) in [6.45, 7) is 15.1. The van der Waals surface area contributed by atoms with Crippen LogP contribution in [0.4, 0.5) is 0 Å². The summed E-state index contributed by atoms with van der Waals surface area (Å²) in [5.74, 6) is 1.79. The van der Waals surface area contributed by atoms with Gasteiger partial charge in [0.05, 0.1) is 12.7 Å². The number of allylic oxidation sites excluding steroid dienone is 4. The minimum Gasteiger partial charge on any atom is -0.393 e. The van der Waals surface area contributed by atoms with Crippen molar-refractivity contribution in [1.29, 1.82) is 0 Å². The van der Waals surface area contributed by atoms with E-state index in [1.54, 1.807) is 5.57 Å². The molecule has 192 valence electrons. The molecule has 3 N–H and O–H groups in total. The molecule has 2 saturated carbocycles. The summed E-state index contributed by atoms with van der Waals surface area (Å²) in [5, 5.41) is 30.0. The summed E-state index contributed by atoms with van der Waals surface area (Å²) in [6.07, 6.45) is 11.6. The molecular weight excluding hydrogens is 424 g/mol. The van der Waals surface area contributed by atoms with Gasteiger partial charge in [0, 0.05) is 11.8 Å². The number of carbonyl (C=O) groups is 1. The molecule has 0 bridgehead atoms. The molecule has 4 aliphatic carbocycles. The molecule has 0 spiro atoms. The molecule has 4 nitrogen and oxygen atoms in total. The van der Waals surface area contributed by atoms with Crippen LogP contribution in [0.3, 0.4) is 0 Å². The summed E-state index contributed by atoms with van der Waals surface area (Å²) in [7, 11) is 0. The Morgan fingerprint density at radius 1 is 1.09 bits per heavy atom. The van der Waals surface area contributed by atoms with Crippen molar-refractivity contribution in [3.8, 4) is 0 Å². The van der Waals surface area contributed by atoms with E-state index in [2.05, 4.69) is 53.7 Å². The third-order valence-electron chi connectivity index (χ3n) is 11.7. The highest BCUT2D eigenvalue weighted by Crippen LogP contribution is 2.71. The van der Waals surface area contributed by atoms with Crippen LogP contribution in [-0.4, -0.2) is 39.4 Å². The second-order valence-corrected chi connectivity index (χ2v) is 13.8. The van der Waals surface area contributed by atoms with Gasteiger partial charge in [0.1, 0.15) is 11.4 Å². The van der Waals surface area contributed by atoms with Crippen molar-refractivity contribution in [2.24, 2.45) is 39.4 Å². The van der Waals surface area contributed by atoms with E-state index in [0.717, 1.165) is 25.7 Å². The maximum absolute atomic E-state index is 12.8. The van der Waals surface area contributed by atoms with Crippen LogP contribution in [-0.2, 0) is 4.79 Å². The van der Waals surface area contributed by atoms with Crippen LogP contribution in [0.1, 0.15) is 99.8 Å². The number of aliphatic hydroxyl groups excluding tert-OH is 2. The number of rotatable bonds is 6. The summed E-state index contributed by atoms with van der Waals surface area (Å²) >= 11 is 0. The molecule has 0 heterocycles. The van der Waals surface area contributed by atoms with Crippen molar-refractivity contribution >= 4 is 5.78 Å². The van der Waals surface area contributed by atoms with Crippen LogP contribution < -0.4 is 0 Å². The van der Waals surface area contributed by atoms with Gasteiger partial charge in [0.15, 0.2) is 0 Å². The summed E-state index contributed by atoms with van der Waals surface area (Å²) in [5.41, 5.74) is 1.76. The molecule has 0 aromatic rings. The maximum atomic E-state index is 12.8. The lowest BCUT2D eigenvalue weighted by Crippen LogP contribution is -2.53. The van der Waals surface area contributed by atoms with E-state index in [-0.39, 0.29) is 21.7 Å². The van der Waals surface area contributed by atoms with E-state index >= 15 is 0 Å². The predicted octanol–water partition coefficient (Wildman–Crippen LogP) is 5.60. The standard InChI is InChI=1S/C30H48O4/c1-19(8-11-25(33)30(7,34)18-31)20-12-16-29(6)22-9-10-23-26(2,3)24(32)14-15-27(23,4)21(22)13-17-28(20,29)5/h9,13,19-20,23,25,31,33-34H,8,10-12,14-18H2,1-7H3/t19-,20-,23?,25-,27-,28-,29+,30-/m1/s1. The molecular formula is C30H48O4. The average molecular weight is 473 g/mol. The highest BCUT2D eigenvalue weighted by Gasteiger charge is 2.63.